The maximum absolute atomic E-state index is 3.50. The van der Waals surface area contributed by atoms with E-state index < -0.39 is 0 Å². The van der Waals surface area contributed by atoms with Crippen LogP contribution < -0.4 is 5.32 Å². The minimum Gasteiger partial charge on any atom is -0.310 e. The summed E-state index contributed by atoms with van der Waals surface area (Å²) >= 11 is 0. The number of aryl methyl sites for hydroxylation is 1. The Balaban J connectivity index is 2.24. The van der Waals surface area contributed by atoms with Gasteiger partial charge < -0.3 is 5.32 Å². The first-order valence-electron chi connectivity index (χ1n) is 4.73. The molecule has 0 radical (unpaired) electrons. The maximum atomic E-state index is 3.50. The molecule has 0 aromatic heterocycles. The highest BCUT2D eigenvalue weighted by molar-refractivity contribution is 5.34. The molecule has 0 bridgehead atoms. The molecule has 0 spiro atoms. The van der Waals surface area contributed by atoms with Crippen molar-refractivity contribution in [2.75, 3.05) is 6.54 Å². The Kier molecular flexibility index (Phi) is 2.13. The zero-order valence-electron chi connectivity index (χ0n) is 7.51. The van der Waals surface area contributed by atoms with Crippen LogP contribution in [0.25, 0.3) is 0 Å². The summed E-state index contributed by atoms with van der Waals surface area (Å²) in [6, 6.07) is 9.37. The lowest BCUT2D eigenvalue weighted by atomic mass is 10.1. The lowest BCUT2D eigenvalue weighted by molar-refractivity contribution is 0.549. The van der Waals surface area contributed by atoms with Gasteiger partial charge in [0.15, 0.2) is 0 Å². The molecule has 0 fully saturated rings. The summed E-state index contributed by atoms with van der Waals surface area (Å²) in [5, 5.41) is 3.50. The van der Waals surface area contributed by atoms with Crippen molar-refractivity contribution in [1.29, 1.82) is 0 Å². The van der Waals surface area contributed by atoms with E-state index in [1.165, 1.54) is 24.0 Å². The van der Waals surface area contributed by atoms with Crippen molar-refractivity contribution in [2.45, 2.75) is 25.8 Å². The van der Waals surface area contributed by atoms with Crippen LogP contribution in [0.1, 0.15) is 30.5 Å². The average Bonchev–Trinajstić information content (AvgIpc) is 2.50. The van der Waals surface area contributed by atoms with Crippen molar-refractivity contribution in [3.8, 4) is 0 Å². The third-order valence-electron chi connectivity index (χ3n) is 2.58. The number of hydrogen-bond donors (Lipinski definition) is 1. The van der Waals surface area contributed by atoms with Crippen LogP contribution in [0.15, 0.2) is 24.3 Å². The second-order valence-electron chi connectivity index (χ2n) is 3.35. The summed E-state index contributed by atoms with van der Waals surface area (Å²) in [5.41, 5.74) is 3.04. The molecule has 0 unspecified atom stereocenters. The topological polar surface area (TPSA) is 12.0 Å². The number of fused-ring (bicyclic) bond motifs is 1. The van der Waals surface area contributed by atoms with Crippen molar-refractivity contribution >= 4 is 0 Å². The molecule has 0 heterocycles. The molecular weight excluding hydrogens is 146 g/mol. The first-order chi connectivity index (χ1) is 5.92. The van der Waals surface area contributed by atoms with Crippen molar-refractivity contribution in [3.63, 3.8) is 0 Å². The van der Waals surface area contributed by atoms with E-state index in [-0.39, 0.29) is 0 Å². The van der Waals surface area contributed by atoms with Crippen molar-refractivity contribution in [1.82, 2.24) is 5.32 Å². The van der Waals surface area contributed by atoms with Crippen LogP contribution in [0.2, 0.25) is 0 Å². The van der Waals surface area contributed by atoms with Crippen LogP contribution in [0.4, 0.5) is 0 Å². The van der Waals surface area contributed by atoms with Gasteiger partial charge in [0, 0.05) is 6.04 Å². The molecule has 64 valence electrons. The summed E-state index contributed by atoms with van der Waals surface area (Å²) < 4.78 is 0. The van der Waals surface area contributed by atoms with Crippen molar-refractivity contribution in [3.05, 3.63) is 35.4 Å². The summed E-state index contributed by atoms with van der Waals surface area (Å²) in [7, 11) is 0. The zero-order valence-corrected chi connectivity index (χ0v) is 7.51. The highest BCUT2D eigenvalue weighted by atomic mass is 14.9. The van der Waals surface area contributed by atoms with Gasteiger partial charge in [-0.3, -0.25) is 0 Å². The number of hydrogen-bond acceptors (Lipinski definition) is 1. The molecule has 1 N–H and O–H groups in total. The van der Waals surface area contributed by atoms with E-state index in [4.69, 9.17) is 0 Å². The molecule has 1 heteroatoms. The normalized spacial score (nSPS) is 20.9. The number of benzene rings is 1. The van der Waals surface area contributed by atoms with E-state index in [1.807, 2.05) is 0 Å². The Morgan fingerprint density at radius 1 is 1.42 bits per heavy atom. The molecule has 0 amide bonds. The summed E-state index contributed by atoms with van der Waals surface area (Å²) in [6.45, 7) is 3.24. The van der Waals surface area contributed by atoms with Gasteiger partial charge in [0.1, 0.15) is 0 Å². The van der Waals surface area contributed by atoms with Gasteiger partial charge in [-0.25, -0.2) is 0 Å². The van der Waals surface area contributed by atoms with Gasteiger partial charge in [-0.15, -0.1) is 0 Å². The van der Waals surface area contributed by atoms with E-state index in [0.717, 1.165) is 6.54 Å². The average molecular weight is 161 g/mol. The van der Waals surface area contributed by atoms with E-state index >= 15 is 0 Å². The lowest BCUT2D eigenvalue weighted by Gasteiger charge is -2.11. The fraction of sp³-hybridized carbons (Fsp3) is 0.455. The lowest BCUT2D eigenvalue weighted by Crippen LogP contribution is -2.18. The Labute approximate surface area is 73.8 Å². The van der Waals surface area contributed by atoms with Crippen LogP contribution in [-0.2, 0) is 6.42 Å². The van der Waals surface area contributed by atoms with E-state index in [9.17, 15) is 0 Å². The van der Waals surface area contributed by atoms with Crippen LogP contribution in [0.5, 0.6) is 0 Å². The minimum atomic E-state index is 0.617. The van der Waals surface area contributed by atoms with E-state index in [2.05, 4.69) is 36.5 Å². The summed E-state index contributed by atoms with van der Waals surface area (Å²) in [5.74, 6) is 0. The molecule has 1 nitrogen and oxygen atoms in total. The van der Waals surface area contributed by atoms with Gasteiger partial charge in [0.05, 0.1) is 0 Å². The molecule has 2 rings (SSSR count). The molecule has 0 aliphatic heterocycles. The maximum Gasteiger partial charge on any atom is 0.0326 e. The van der Waals surface area contributed by atoms with Crippen molar-refractivity contribution in [2.24, 2.45) is 0 Å². The predicted octanol–water partition coefficient (Wildman–Crippen LogP) is 2.28. The summed E-state index contributed by atoms with van der Waals surface area (Å²) in [6.07, 6.45) is 2.51. The second-order valence-corrected chi connectivity index (χ2v) is 3.35. The number of nitrogens with one attached hydrogen (secondary N) is 1. The molecule has 1 aliphatic carbocycles. The molecule has 1 aromatic carbocycles. The monoisotopic (exact) mass is 161 g/mol. The van der Waals surface area contributed by atoms with E-state index in [1.54, 1.807) is 0 Å². The predicted molar refractivity (Wildman–Crippen MR) is 51.2 cm³/mol. The molecule has 1 aromatic rings. The highest BCUT2D eigenvalue weighted by Crippen LogP contribution is 2.30. The van der Waals surface area contributed by atoms with Crippen molar-refractivity contribution < 1.29 is 0 Å². The SMILES string of the molecule is CCN[C@@H]1CCc2ccccc21. The van der Waals surface area contributed by atoms with Gasteiger partial charge >= 0.3 is 0 Å². The van der Waals surface area contributed by atoms with Crippen LogP contribution in [0.3, 0.4) is 0 Å². The van der Waals surface area contributed by atoms with Crippen LogP contribution in [-0.4, -0.2) is 6.54 Å². The van der Waals surface area contributed by atoms with E-state index in [0.29, 0.717) is 6.04 Å². The molecule has 1 aliphatic rings. The third kappa shape index (κ3) is 1.25. The standard InChI is InChI=1S/C11H15N/c1-2-12-11-8-7-9-5-3-4-6-10(9)11/h3-6,11-12H,2,7-8H2,1H3/t11-/m1/s1. The molecule has 0 saturated heterocycles. The van der Waals surface area contributed by atoms with Gasteiger partial charge in [-0.05, 0) is 30.5 Å². The summed E-state index contributed by atoms with van der Waals surface area (Å²) in [4.78, 5) is 0. The van der Waals surface area contributed by atoms with Gasteiger partial charge in [0.2, 0.25) is 0 Å². The second kappa shape index (κ2) is 3.28. The Bertz CT molecular complexity index is 265. The van der Waals surface area contributed by atoms with Gasteiger partial charge in [-0.2, -0.15) is 0 Å². The molecule has 0 saturated carbocycles. The highest BCUT2D eigenvalue weighted by Gasteiger charge is 2.19. The Morgan fingerprint density at radius 3 is 3.08 bits per heavy atom. The van der Waals surface area contributed by atoms with Crippen LogP contribution >= 0.6 is 0 Å². The minimum absolute atomic E-state index is 0.617. The van der Waals surface area contributed by atoms with Crippen LogP contribution in [0, 0.1) is 0 Å². The smallest absolute Gasteiger partial charge is 0.0326 e. The van der Waals surface area contributed by atoms with Gasteiger partial charge in [-0.1, -0.05) is 31.2 Å². The Hall–Kier alpha value is -0.820. The third-order valence-corrected chi connectivity index (χ3v) is 2.58. The molecule has 12 heavy (non-hydrogen) atoms. The van der Waals surface area contributed by atoms with Gasteiger partial charge in [0.25, 0.3) is 0 Å². The Morgan fingerprint density at radius 2 is 2.25 bits per heavy atom. The quantitative estimate of drug-likeness (QED) is 0.701. The molecular formula is C11H15N. The fourth-order valence-corrected chi connectivity index (χ4v) is 2.02. The largest absolute Gasteiger partial charge is 0.310 e. The first-order valence-corrected chi connectivity index (χ1v) is 4.73. The molecule has 1 atom stereocenters. The number of rotatable bonds is 2. The first kappa shape index (κ1) is 7.81. The fourth-order valence-electron chi connectivity index (χ4n) is 2.02. The zero-order chi connectivity index (χ0) is 8.39.